The molecule has 0 aliphatic rings. The van der Waals surface area contributed by atoms with Crippen molar-refractivity contribution >= 4 is 11.3 Å². The Labute approximate surface area is 101 Å². The van der Waals surface area contributed by atoms with Crippen LogP contribution < -0.4 is 0 Å². The van der Waals surface area contributed by atoms with Crippen molar-refractivity contribution < 1.29 is 9.84 Å². The van der Waals surface area contributed by atoms with Gasteiger partial charge in [-0.25, -0.2) is 0 Å². The summed E-state index contributed by atoms with van der Waals surface area (Å²) in [6.45, 7) is 6.94. The van der Waals surface area contributed by atoms with Crippen LogP contribution in [0.3, 0.4) is 0 Å². The van der Waals surface area contributed by atoms with Gasteiger partial charge in [0.1, 0.15) is 6.61 Å². The van der Waals surface area contributed by atoms with Gasteiger partial charge in [-0.2, -0.15) is 0 Å². The molecule has 88 valence electrons. The summed E-state index contributed by atoms with van der Waals surface area (Å²) in [5.41, 5.74) is 0. The Hall–Kier alpha value is -0.820. The van der Waals surface area contributed by atoms with E-state index >= 15 is 0 Å². The zero-order valence-electron chi connectivity index (χ0n) is 9.99. The molecular weight excluding hydrogens is 220 g/mol. The van der Waals surface area contributed by atoms with Crippen LogP contribution in [0, 0.1) is 17.8 Å². The summed E-state index contributed by atoms with van der Waals surface area (Å²) in [6, 6.07) is 3.99. The van der Waals surface area contributed by atoms with Crippen LogP contribution in [-0.2, 0) is 11.3 Å². The normalized spacial score (nSPS) is 12.3. The molecule has 0 aliphatic carbocycles. The third-order valence-corrected chi connectivity index (χ3v) is 3.35. The number of hydrogen-bond acceptors (Lipinski definition) is 3. The van der Waals surface area contributed by atoms with Crippen molar-refractivity contribution in [3.05, 3.63) is 21.9 Å². The number of aliphatic hydroxyl groups excluding tert-OH is 1. The fraction of sp³-hybridized carbons (Fsp3) is 0.538. The van der Waals surface area contributed by atoms with Crippen LogP contribution in [0.1, 0.15) is 30.5 Å². The average Bonchev–Trinajstić information content (AvgIpc) is 2.70. The Morgan fingerprint density at radius 3 is 2.75 bits per heavy atom. The van der Waals surface area contributed by atoms with E-state index in [1.165, 1.54) is 4.88 Å². The van der Waals surface area contributed by atoms with Gasteiger partial charge >= 0.3 is 0 Å². The highest BCUT2D eigenvalue weighted by Gasteiger charge is 2.07. The van der Waals surface area contributed by atoms with Crippen molar-refractivity contribution in [1.82, 2.24) is 0 Å². The first-order valence-corrected chi connectivity index (χ1v) is 6.25. The highest BCUT2D eigenvalue weighted by Crippen LogP contribution is 2.18. The van der Waals surface area contributed by atoms with Crippen molar-refractivity contribution in [2.45, 2.75) is 33.5 Å². The third kappa shape index (κ3) is 4.36. The first kappa shape index (κ1) is 13.2. The van der Waals surface area contributed by atoms with Crippen LogP contribution in [0.2, 0.25) is 0 Å². The van der Waals surface area contributed by atoms with Gasteiger partial charge in [0.25, 0.3) is 0 Å². The summed E-state index contributed by atoms with van der Waals surface area (Å²) in [5, 5.41) is 8.58. The van der Waals surface area contributed by atoms with Crippen molar-refractivity contribution in [2.24, 2.45) is 5.92 Å². The Morgan fingerprint density at radius 2 is 2.12 bits per heavy atom. The molecule has 0 fully saturated rings. The topological polar surface area (TPSA) is 29.5 Å². The maximum Gasteiger partial charge on any atom is 0.104 e. The van der Waals surface area contributed by atoms with Gasteiger partial charge in [0.2, 0.25) is 0 Å². The maximum absolute atomic E-state index is 8.58. The molecule has 2 nitrogen and oxygen atoms in total. The SMILES string of the molecule is CC(C)C(C)OCc1ccc(C#CCO)s1. The summed E-state index contributed by atoms with van der Waals surface area (Å²) < 4.78 is 5.72. The fourth-order valence-corrected chi connectivity index (χ4v) is 1.86. The van der Waals surface area contributed by atoms with Gasteiger partial charge in [0, 0.05) is 4.88 Å². The minimum absolute atomic E-state index is 0.0892. The second-order valence-electron chi connectivity index (χ2n) is 3.99. The summed E-state index contributed by atoms with van der Waals surface area (Å²) >= 11 is 1.62. The van der Waals surface area contributed by atoms with E-state index in [4.69, 9.17) is 9.84 Å². The van der Waals surface area contributed by atoms with Gasteiger partial charge in [0.05, 0.1) is 17.6 Å². The Morgan fingerprint density at radius 1 is 1.38 bits per heavy atom. The minimum Gasteiger partial charge on any atom is -0.384 e. The van der Waals surface area contributed by atoms with E-state index in [2.05, 4.69) is 32.6 Å². The monoisotopic (exact) mass is 238 g/mol. The van der Waals surface area contributed by atoms with Crippen molar-refractivity contribution in [3.63, 3.8) is 0 Å². The molecule has 0 bridgehead atoms. The molecule has 0 saturated carbocycles. The van der Waals surface area contributed by atoms with Gasteiger partial charge in [0.15, 0.2) is 0 Å². The van der Waals surface area contributed by atoms with Gasteiger partial charge in [-0.1, -0.05) is 25.7 Å². The van der Waals surface area contributed by atoms with E-state index in [0.717, 1.165) is 4.88 Å². The lowest BCUT2D eigenvalue weighted by atomic mass is 10.1. The molecule has 16 heavy (non-hydrogen) atoms. The first-order valence-electron chi connectivity index (χ1n) is 5.43. The molecule has 0 amide bonds. The van der Waals surface area contributed by atoms with Crippen LogP contribution >= 0.6 is 11.3 Å². The van der Waals surface area contributed by atoms with E-state index < -0.39 is 0 Å². The molecule has 1 atom stereocenters. The average molecular weight is 238 g/mol. The van der Waals surface area contributed by atoms with Crippen LogP contribution in [-0.4, -0.2) is 17.8 Å². The van der Waals surface area contributed by atoms with E-state index in [1.54, 1.807) is 11.3 Å². The predicted octanol–water partition coefficient (Wildman–Crippen LogP) is 2.65. The number of rotatable bonds is 4. The second-order valence-corrected chi connectivity index (χ2v) is 5.15. The number of ether oxygens (including phenoxy) is 1. The molecule has 1 aromatic rings. The lowest BCUT2D eigenvalue weighted by Crippen LogP contribution is -2.14. The van der Waals surface area contributed by atoms with Gasteiger partial charge in [-0.3, -0.25) is 0 Å². The fourth-order valence-electron chi connectivity index (χ4n) is 1.06. The lowest BCUT2D eigenvalue weighted by molar-refractivity contribution is 0.0249. The van der Waals surface area contributed by atoms with Crippen LogP contribution in [0.5, 0.6) is 0 Å². The Bertz CT molecular complexity index is 371. The number of hydrogen-bond donors (Lipinski definition) is 1. The van der Waals surface area contributed by atoms with Crippen LogP contribution in [0.4, 0.5) is 0 Å². The van der Waals surface area contributed by atoms with E-state index in [9.17, 15) is 0 Å². The molecule has 1 aromatic heterocycles. The highest BCUT2D eigenvalue weighted by molar-refractivity contribution is 7.12. The van der Waals surface area contributed by atoms with Crippen LogP contribution in [0.15, 0.2) is 12.1 Å². The molecule has 1 N–H and O–H groups in total. The largest absolute Gasteiger partial charge is 0.384 e. The molecule has 1 rings (SSSR count). The van der Waals surface area contributed by atoms with E-state index in [0.29, 0.717) is 12.5 Å². The third-order valence-electron chi connectivity index (χ3n) is 2.38. The first-order chi connectivity index (χ1) is 7.63. The van der Waals surface area contributed by atoms with E-state index in [1.807, 2.05) is 12.1 Å². The summed E-state index contributed by atoms with van der Waals surface area (Å²) in [4.78, 5) is 2.15. The predicted molar refractivity (Wildman–Crippen MR) is 67.4 cm³/mol. The highest BCUT2D eigenvalue weighted by atomic mass is 32.1. The quantitative estimate of drug-likeness (QED) is 0.817. The van der Waals surface area contributed by atoms with Crippen LogP contribution in [0.25, 0.3) is 0 Å². The van der Waals surface area contributed by atoms with Crippen molar-refractivity contribution in [3.8, 4) is 11.8 Å². The molecule has 1 heterocycles. The molecule has 0 radical (unpaired) electrons. The molecule has 1 unspecified atom stereocenters. The van der Waals surface area contributed by atoms with Crippen molar-refractivity contribution in [1.29, 1.82) is 0 Å². The summed E-state index contributed by atoms with van der Waals surface area (Å²) in [7, 11) is 0. The lowest BCUT2D eigenvalue weighted by Gasteiger charge is -2.15. The molecular formula is C13H18O2S. The van der Waals surface area contributed by atoms with E-state index in [-0.39, 0.29) is 12.7 Å². The molecule has 0 aliphatic heterocycles. The van der Waals surface area contributed by atoms with Gasteiger partial charge < -0.3 is 9.84 Å². The number of aliphatic hydroxyl groups is 1. The zero-order chi connectivity index (χ0) is 12.0. The minimum atomic E-state index is -0.0892. The van der Waals surface area contributed by atoms with Crippen molar-refractivity contribution in [2.75, 3.05) is 6.61 Å². The standard InChI is InChI=1S/C13H18O2S/c1-10(2)11(3)15-9-13-7-6-12(16-13)5-4-8-14/h6-7,10-11,14H,8-9H2,1-3H3. The molecule has 0 spiro atoms. The molecule has 0 aromatic carbocycles. The summed E-state index contributed by atoms with van der Waals surface area (Å²) in [6.07, 6.45) is 0.272. The maximum atomic E-state index is 8.58. The zero-order valence-corrected chi connectivity index (χ0v) is 10.8. The Kier molecular flexibility index (Phi) is 5.54. The Balaban J connectivity index is 2.46. The summed E-state index contributed by atoms with van der Waals surface area (Å²) in [5.74, 6) is 6.06. The smallest absolute Gasteiger partial charge is 0.104 e. The van der Waals surface area contributed by atoms with Gasteiger partial charge in [-0.15, -0.1) is 11.3 Å². The molecule has 0 saturated heterocycles. The second kappa shape index (κ2) is 6.70. The van der Waals surface area contributed by atoms with Gasteiger partial charge in [-0.05, 0) is 25.0 Å². The number of thiophene rings is 1. The molecule has 3 heteroatoms.